The van der Waals surface area contributed by atoms with Gasteiger partial charge in [0.05, 0.1) is 5.56 Å². The summed E-state index contributed by atoms with van der Waals surface area (Å²) in [6.45, 7) is 1.79. The van der Waals surface area contributed by atoms with Crippen LogP contribution in [-0.2, 0) is 5.75 Å². The highest BCUT2D eigenvalue weighted by molar-refractivity contribution is 7.79. The van der Waals surface area contributed by atoms with Crippen molar-refractivity contribution >= 4 is 18.6 Å². The van der Waals surface area contributed by atoms with Gasteiger partial charge in [0.15, 0.2) is 0 Å². The molecule has 0 aliphatic carbocycles. The van der Waals surface area contributed by atoms with Crippen molar-refractivity contribution < 1.29 is 9.90 Å². The Hall–Kier alpha value is -0.960. The van der Waals surface area contributed by atoms with E-state index in [1.54, 1.807) is 19.1 Å². The van der Waals surface area contributed by atoms with E-state index in [2.05, 4.69) is 12.6 Å². The number of aryl methyl sites for hydroxylation is 1. The largest absolute Gasteiger partial charge is 0.478 e. The zero-order valence-electron chi connectivity index (χ0n) is 6.74. The van der Waals surface area contributed by atoms with Crippen LogP contribution in [0.5, 0.6) is 0 Å². The van der Waals surface area contributed by atoms with E-state index >= 15 is 0 Å². The highest BCUT2D eigenvalue weighted by Gasteiger charge is 2.05. The molecule has 1 N–H and O–H groups in total. The van der Waals surface area contributed by atoms with Crippen molar-refractivity contribution in [2.75, 3.05) is 0 Å². The number of benzene rings is 1. The lowest BCUT2D eigenvalue weighted by atomic mass is 10.1. The Labute approximate surface area is 76.6 Å². The lowest BCUT2D eigenvalue weighted by Gasteiger charge is -2.02. The Morgan fingerprint density at radius 1 is 1.58 bits per heavy atom. The van der Waals surface area contributed by atoms with E-state index in [1.165, 1.54) is 0 Å². The first-order chi connectivity index (χ1) is 5.65. The Kier molecular flexibility index (Phi) is 2.76. The first-order valence-corrected chi connectivity index (χ1v) is 4.22. The second-order valence-corrected chi connectivity index (χ2v) is 2.93. The molecule has 0 aliphatic rings. The lowest BCUT2D eigenvalue weighted by molar-refractivity contribution is 0.0696. The maximum Gasteiger partial charge on any atom is 0.335 e. The molecule has 0 atom stereocenters. The van der Waals surface area contributed by atoms with Crippen molar-refractivity contribution in [2.24, 2.45) is 0 Å². The van der Waals surface area contributed by atoms with Gasteiger partial charge in [-0.05, 0) is 24.1 Å². The molecule has 0 heterocycles. The Morgan fingerprint density at radius 2 is 2.25 bits per heavy atom. The number of hydrogen-bond donors (Lipinski definition) is 2. The second kappa shape index (κ2) is 3.63. The van der Waals surface area contributed by atoms with Crippen LogP contribution in [0.2, 0.25) is 0 Å². The predicted molar refractivity (Wildman–Crippen MR) is 50.8 cm³/mol. The summed E-state index contributed by atoms with van der Waals surface area (Å²) in [5.74, 6) is -0.237. The highest BCUT2D eigenvalue weighted by Crippen LogP contribution is 2.12. The van der Waals surface area contributed by atoms with E-state index in [-0.39, 0.29) is 0 Å². The first kappa shape index (κ1) is 9.13. The van der Waals surface area contributed by atoms with Gasteiger partial charge in [-0.1, -0.05) is 12.1 Å². The van der Waals surface area contributed by atoms with Gasteiger partial charge < -0.3 is 5.11 Å². The van der Waals surface area contributed by atoms with Crippen molar-refractivity contribution in [2.45, 2.75) is 12.7 Å². The average Bonchev–Trinajstić information content (AvgIpc) is 2.03. The first-order valence-electron chi connectivity index (χ1n) is 3.59. The Morgan fingerprint density at radius 3 is 2.67 bits per heavy atom. The molecular weight excluding hydrogens is 172 g/mol. The highest BCUT2D eigenvalue weighted by atomic mass is 32.1. The molecule has 64 valence electrons. The fraction of sp³-hybridized carbons (Fsp3) is 0.222. The van der Waals surface area contributed by atoms with Gasteiger partial charge in [-0.2, -0.15) is 12.6 Å². The standard InChI is InChI=1S/C9H10O2S/c1-6-4-7(5-12)2-3-8(6)9(10)11/h2-4,12H,5H2,1H3,(H,10,11). The minimum atomic E-state index is -0.877. The van der Waals surface area contributed by atoms with Crippen LogP contribution in [0.1, 0.15) is 21.5 Å². The van der Waals surface area contributed by atoms with Crippen molar-refractivity contribution in [3.8, 4) is 0 Å². The number of hydrogen-bond acceptors (Lipinski definition) is 2. The summed E-state index contributed by atoms with van der Waals surface area (Å²) in [4.78, 5) is 10.6. The van der Waals surface area contributed by atoms with Crippen LogP contribution in [0, 0.1) is 6.92 Å². The third-order valence-electron chi connectivity index (χ3n) is 1.70. The lowest BCUT2D eigenvalue weighted by Crippen LogP contribution is -1.99. The molecule has 3 heteroatoms. The van der Waals surface area contributed by atoms with Gasteiger partial charge in [0.25, 0.3) is 0 Å². The molecular formula is C9H10O2S. The minimum absolute atomic E-state index is 0.362. The summed E-state index contributed by atoms with van der Waals surface area (Å²) in [5, 5.41) is 8.71. The summed E-state index contributed by atoms with van der Waals surface area (Å²) < 4.78 is 0. The van der Waals surface area contributed by atoms with E-state index in [9.17, 15) is 4.79 Å². The van der Waals surface area contributed by atoms with E-state index < -0.39 is 5.97 Å². The summed E-state index contributed by atoms with van der Waals surface area (Å²) in [7, 11) is 0. The van der Waals surface area contributed by atoms with Crippen LogP contribution in [0.4, 0.5) is 0 Å². The molecule has 0 unspecified atom stereocenters. The van der Waals surface area contributed by atoms with Gasteiger partial charge in [-0.3, -0.25) is 0 Å². The summed E-state index contributed by atoms with van der Waals surface area (Å²) in [6, 6.07) is 5.24. The predicted octanol–water partition coefficient (Wildman–Crippen LogP) is 2.12. The van der Waals surface area contributed by atoms with Gasteiger partial charge in [0.2, 0.25) is 0 Å². The molecule has 2 nitrogen and oxygen atoms in total. The molecule has 0 saturated carbocycles. The monoisotopic (exact) mass is 182 g/mol. The average molecular weight is 182 g/mol. The molecule has 0 fully saturated rings. The second-order valence-electron chi connectivity index (χ2n) is 2.61. The molecule has 1 rings (SSSR count). The molecule has 1 aromatic carbocycles. The maximum atomic E-state index is 10.6. The van der Waals surface area contributed by atoms with Gasteiger partial charge in [-0.25, -0.2) is 4.79 Å². The third-order valence-corrected chi connectivity index (χ3v) is 2.07. The number of carboxylic acids is 1. The molecule has 0 aliphatic heterocycles. The fourth-order valence-electron chi connectivity index (χ4n) is 1.06. The Balaban J connectivity index is 3.12. The molecule has 0 aromatic heterocycles. The van der Waals surface area contributed by atoms with Crippen molar-refractivity contribution in [1.29, 1.82) is 0 Å². The number of thiol groups is 1. The van der Waals surface area contributed by atoms with Crippen molar-refractivity contribution in [1.82, 2.24) is 0 Å². The van der Waals surface area contributed by atoms with Gasteiger partial charge >= 0.3 is 5.97 Å². The molecule has 0 amide bonds. The van der Waals surface area contributed by atoms with Crippen LogP contribution in [-0.4, -0.2) is 11.1 Å². The van der Waals surface area contributed by atoms with Gasteiger partial charge in [0, 0.05) is 5.75 Å². The SMILES string of the molecule is Cc1cc(CS)ccc1C(=O)O. The smallest absolute Gasteiger partial charge is 0.335 e. The number of carboxylic acid groups (broad SMARTS) is 1. The number of aromatic carboxylic acids is 1. The normalized spacial score (nSPS) is 9.83. The van der Waals surface area contributed by atoms with Crippen LogP contribution in [0.15, 0.2) is 18.2 Å². The third kappa shape index (κ3) is 1.80. The van der Waals surface area contributed by atoms with E-state index in [4.69, 9.17) is 5.11 Å². The van der Waals surface area contributed by atoms with E-state index in [0.717, 1.165) is 11.1 Å². The number of rotatable bonds is 2. The van der Waals surface area contributed by atoms with Gasteiger partial charge in [-0.15, -0.1) is 0 Å². The number of carbonyl (C=O) groups is 1. The van der Waals surface area contributed by atoms with E-state index in [0.29, 0.717) is 11.3 Å². The zero-order valence-corrected chi connectivity index (χ0v) is 7.64. The molecule has 0 bridgehead atoms. The van der Waals surface area contributed by atoms with Crippen LogP contribution >= 0.6 is 12.6 Å². The van der Waals surface area contributed by atoms with Crippen LogP contribution in [0.25, 0.3) is 0 Å². The quantitative estimate of drug-likeness (QED) is 0.687. The Bertz CT molecular complexity index is 307. The van der Waals surface area contributed by atoms with Crippen molar-refractivity contribution in [3.63, 3.8) is 0 Å². The zero-order chi connectivity index (χ0) is 9.14. The topological polar surface area (TPSA) is 37.3 Å². The van der Waals surface area contributed by atoms with Crippen LogP contribution in [0.3, 0.4) is 0 Å². The van der Waals surface area contributed by atoms with Gasteiger partial charge in [0.1, 0.15) is 0 Å². The molecule has 12 heavy (non-hydrogen) atoms. The maximum absolute atomic E-state index is 10.6. The molecule has 1 aromatic rings. The minimum Gasteiger partial charge on any atom is -0.478 e. The van der Waals surface area contributed by atoms with Crippen molar-refractivity contribution in [3.05, 3.63) is 34.9 Å². The summed E-state index contributed by atoms with van der Waals surface area (Å²) >= 11 is 4.10. The molecule has 0 spiro atoms. The fourth-order valence-corrected chi connectivity index (χ4v) is 1.26. The molecule has 0 radical (unpaired) electrons. The van der Waals surface area contributed by atoms with Crippen LogP contribution < -0.4 is 0 Å². The van der Waals surface area contributed by atoms with E-state index in [1.807, 2.05) is 6.07 Å². The molecule has 0 saturated heterocycles. The summed E-state index contributed by atoms with van der Waals surface area (Å²) in [6.07, 6.45) is 0. The summed E-state index contributed by atoms with van der Waals surface area (Å²) in [5.41, 5.74) is 2.19.